The van der Waals surface area contributed by atoms with E-state index in [9.17, 15) is 9.59 Å². The Balaban J connectivity index is 1.92. The van der Waals surface area contributed by atoms with Crippen molar-refractivity contribution in [1.82, 2.24) is 5.32 Å². The third kappa shape index (κ3) is 5.41. The number of rotatable bonds is 7. The number of benzene rings is 2. The van der Waals surface area contributed by atoms with Gasteiger partial charge in [0.1, 0.15) is 5.75 Å². The number of amides is 1. The van der Waals surface area contributed by atoms with Crippen LogP contribution < -0.4 is 10.1 Å². The molecule has 0 unspecified atom stereocenters. The van der Waals surface area contributed by atoms with E-state index in [1.165, 1.54) is 18.7 Å². The molecule has 0 saturated carbocycles. The molecule has 138 valence electrons. The van der Waals surface area contributed by atoms with Crippen LogP contribution in [0.4, 0.5) is 0 Å². The Morgan fingerprint density at radius 3 is 2.50 bits per heavy atom. The van der Waals surface area contributed by atoms with Crippen LogP contribution in [-0.2, 0) is 16.1 Å². The molecule has 1 atom stereocenters. The van der Waals surface area contributed by atoms with E-state index in [1.807, 2.05) is 36.6 Å². The van der Waals surface area contributed by atoms with Gasteiger partial charge in [-0.3, -0.25) is 4.79 Å². The van der Waals surface area contributed by atoms with Gasteiger partial charge in [0.05, 0.1) is 17.7 Å². The van der Waals surface area contributed by atoms with E-state index in [2.05, 4.69) is 5.32 Å². The van der Waals surface area contributed by atoms with E-state index >= 15 is 0 Å². The number of halogens is 1. The van der Waals surface area contributed by atoms with Crippen LogP contribution in [0.2, 0.25) is 5.02 Å². The Hall–Kier alpha value is -2.18. The van der Waals surface area contributed by atoms with Gasteiger partial charge in [0.2, 0.25) is 0 Å². The molecule has 2 rings (SSSR count). The molecule has 0 aliphatic carbocycles. The minimum Gasteiger partial charge on any atom is -0.497 e. The summed E-state index contributed by atoms with van der Waals surface area (Å²) in [5, 5.41) is 3.03. The Morgan fingerprint density at radius 2 is 1.88 bits per heavy atom. The molecule has 0 aliphatic rings. The summed E-state index contributed by atoms with van der Waals surface area (Å²) in [5.74, 6) is -0.268. The molecular formula is C19H20ClNO4S. The van der Waals surface area contributed by atoms with Crippen molar-refractivity contribution in [1.29, 1.82) is 0 Å². The van der Waals surface area contributed by atoms with Crippen LogP contribution in [0.25, 0.3) is 0 Å². The molecule has 26 heavy (non-hydrogen) atoms. The molecule has 0 spiro atoms. The first-order chi connectivity index (χ1) is 12.4. The number of methoxy groups -OCH3 is 1. The fourth-order valence-corrected chi connectivity index (χ4v) is 2.78. The third-order valence-electron chi connectivity index (χ3n) is 3.67. The minimum absolute atomic E-state index is 0.244. The van der Waals surface area contributed by atoms with Gasteiger partial charge in [0, 0.05) is 11.4 Å². The smallest absolute Gasteiger partial charge is 0.340 e. The molecular weight excluding hydrogens is 374 g/mol. The first kappa shape index (κ1) is 20.1. The summed E-state index contributed by atoms with van der Waals surface area (Å²) >= 11 is 7.54. The van der Waals surface area contributed by atoms with Gasteiger partial charge in [-0.05, 0) is 49.1 Å². The topological polar surface area (TPSA) is 64.6 Å². The number of nitrogens with one attached hydrogen (secondary N) is 1. The highest BCUT2D eigenvalue weighted by Crippen LogP contribution is 2.24. The normalized spacial score (nSPS) is 11.5. The molecule has 0 radical (unpaired) electrons. The monoisotopic (exact) mass is 393 g/mol. The van der Waals surface area contributed by atoms with Crippen molar-refractivity contribution in [3.05, 3.63) is 58.6 Å². The van der Waals surface area contributed by atoms with Crippen molar-refractivity contribution in [2.24, 2.45) is 0 Å². The fourth-order valence-electron chi connectivity index (χ4n) is 2.14. The van der Waals surface area contributed by atoms with Crippen molar-refractivity contribution in [3.8, 4) is 5.75 Å². The van der Waals surface area contributed by atoms with Gasteiger partial charge >= 0.3 is 5.97 Å². The zero-order chi connectivity index (χ0) is 19.1. The molecule has 1 N–H and O–H groups in total. The predicted octanol–water partition coefficient (Wildman–Crippen LogP) is 3.93. The van der Waals surface area contributed by atoms with Crippen LogP contribution in [0.3, 0.4) is 0 Å². The lowest BCUT2D eigenvalue weighted by atomic mass is 10.2. The first-order valence-electron chi connectivity index (χ1n) is 7.89. The lowest BCUT2D eigenvalue weighted by molar-refractivity contribution is -0.129. The minimum atomic E-state index is -0.935. The molecule has 5 nitrogen and oxygen atoms in total. The predicted molar refractivity (Wildman–Crippen MR) is 103 cm³/mol. The highest BCUT2D eigenvalue weighted by molar-refractivity contribution is 7.98. The van der Waals surface area contributed by atoms with E-state index in [0.29, 0.717) is 11.6 Å². The van der Waals surface area contributed by atoms with Crippen LogP contribution >= 0.6 is 23.4 Å². The highest BCUT2D eigenvalue weighted by atomic mass is 35.5. The Bertz CT molecular complexity index is 780. The van der Waals surface area contributed by atoms with E-state index in [-0.39, 0.29) is 11.5 Å². The van der Waals surface area contributed by atoms with Gasteiger partial charge in [0.15, 0.2) is 6.10 Å². The summed E-state index contributed by atoms with van der Waals surface area (Å²) in [7, 11) is 1.59. The van der Waals surface area contributed by atoms with Gasteiger partial charge in [-0.2, -0.15) is 0 Å². The molecule has 1 amide bonds. The standard InChI is InChI=1S/C19H20ClNO4S/c1-12(18(22)21-11-13-4-6-14(24-2)7-5-13)25-19(23)16-10-15(26-3)8-9-17(16)20/h4-10,12H,11H2,1-3H3,(H,21,22)/t12-/m1/s1. The second-order valence-corrected chi connectivity index (χ2v) is 6.75. The highest BCUT2D eigenvalue weighted by Gasteiger charge is 2.20. The number of thioether (sulfide) groups is 1. The Kier molecular flexibility index (Phi) is 7.36. The Morgan fingerprint density at radius 1 is 1.19 bits per heavy atom. The molecule has 0 bridgehead atoms. The van der Waals surface area contributed by atoms with E-state index in [0.717, 1.165) is 16.2 Å². The maximum atomic E-state index is 12.3. The van der Waals surface area contributed by atoms with Gasteiger partial charge in [0.25, 0.3) is 5.91 Å². The zero-order valence-corrected chi connectivity index (χ0v) is 16.3. The van der Waals surface area contributed by atoms with Gasteiger partial charge in [-0.25, -0.2) is 4.79 Å². The average molecular weight is 394 g/mol. The lowest BCUT2D eigenvalue weighted by Crippen LogP contribution is -2.35. The van der Waals surface area contributed by atoms with Crippen LogP contribution in [0, 0.1) is 0 Å². The average Bonchev–Trinajstić information content (AvgIpc) is 2.66. The molecule has 0 heterocycles. The number of hydrogen-bond acceptors (Lipinski definition) is 5. The van der Waals surface area contributed by atoms with Crippen molar-refractivity contribution in [2.75, 3.05) is 13.4 Å². The molecule has 2 aromatic rings. The number of esters is 1. The number of carbonyl (C=O) groups is 2. The number of carbonyl (C=O) groups excluding carboxylic acids is 2. The zero-order valence-electron chi connectivity index (χ0n) is 14.7. The van der Waals surface area contributed by atoms with Crippen LogP contribution in [-0.4, -0.2) is 31.3 Å². The van der Waals surface area contributed by atoms with Crippen molar-refractivity contribution in [3.63, 3.8) is 0 Å². The first-order valence-corrected chi connectivity index (χ1v) is 9.50. The molecule has 0 aromatic heterocycles. The van der Waals surface area contributed by atoms with Gasteiger partial charge in [-0.1, -0.05) is 23.7 Å². The Labute approximate surface area is 162 Å². The second-order valence-electron chi connectivity index (χ2n) is 5.46. The van der Waals surface area contributed by atoms with Crippen molar-refractivity contribution in [2.45, 2.75) is 24.5 Å². The van der Waals surface area contributed by atoms with Crippen molar-refractivity contribution < 1.29 is 19.1 Å². The number of hydrogen-bond donors (Lipinski definition) is 1. The number of ether oxygens (including phenoxy) is 2. The maximum absolute atomic E-state index is 12.3. The lowest BCUT2D eigenvalue weighted by Gasteiger charge is -2.14. The van der Waals surface area contributed by atoms with Gasteiger partial charge < -0.3 is 14.8 Å². The summed E-state index contributed by atoms with van der Waals surface area (Å²) in [4.78, 5) is 25.3. The van der Waals surface area contributed by atoms with Crippen LogP contribution in [0.1, 0.15) is 22.8 Å². The molecule has 0 fully saturated rings. The third-order valence-corrected chi connectivity index (χ3v) is 4.73. The summed E-state index contributed by atoms with van der Waals surface area (Å²) in [6.07, 6.45) is 0.961. The fraction of sp³-hybridized carbons (Fsp3) is 0.263. The van der Waals surface area contributed by atoms with Crippen LogP contribution in [0.15, 0.2) is 47.4 Å². The largest absolute Gasteiger partial charge is 0.497 e. The van der Waals surface area contributed by atoms with Gasteiger partial charge in [-0.15, -0.1) is 11.8 Å². The quantitative estimate of drug-likeness (QED) is 0.570. The second kappa shape index (κ2) is 9.50. The van der Waals surface area contributed by atoms with E-state index in [1.54, 1.807) is 19.2 Å². The van der Waals surface area contributed by atoms with E-state index < -0.39 is 12.1 Å². The van der Waals surface area contributed by atoms with Crippen LogP contribution in [0.5, 0.6) is 5.75 Å². The maximum Gasteiger partial charge on any atom is 0.340 e. The summed E-state index contributed by atoms with van der Waals surface area (Å²) in [6, 6.07) is 12.4. The molecule has 0 aliphatic heterocycles. The van der Waals surface area contributed by atoms with Crippen molar-refractivity contribution >= 4 is 35.2 Å². The summed E-state index contributed by atoms with van der Waals surface area (Å²) in [6.45, 7) is 1.85. The SMILES string of the molecule is COc1ccc(CNC(=O)[C@@H](C)OC(=O)c2cc(SC)ccc2Cl)cc1. The molecule has 0 saturated heterocycles. The molecule has 2 aromatic carbocycles. The van der Waals surface area contributed by atoms with E-state index in [4.69, 9.17) is 21.1 Å². The molecule has 7 heteroatoms. The summed E-state index contributed by atoms with van der Waals surface area (Å²) in [5.41, 5.74) is 1.15. The summed E-state index contributed by atoms with van der Waals surface area (Å²) < 4.78 is 10.3.